The molecule has 0 radical (unpaired) electrons. The molecule has 26 heavy (non-hydrogen) atoms. The van der Waals surface area contributed by atoms with Crippen LogP contribution in [0.5, 0.6) is 0 Å². The van der Waals surface area contributed by atoms with Crippen LogP contribution in [-0.2, 0) is 26.3 Å². The highest BCUT2D eigenvalue weighted by Crippen LogP contribution is 2.40. The highest BCUT2D eigenvalue weighted by atomic mass is 16.5. The fraction of sp³-hybridized carbons (Fsp3) is 0.737. The van der Waals surface area contributed by atoms with E-state index in [2.05, 4.69) is 4.90 Å². The standard InChI is InChI=1S/C19H28N4O3/c1-13(2)17(24)23-5-4-19(11-23)12-26-10-15-14(3)20-18(21-16(15)19)22-6-8-25-9-7-22/h13H,4-12H2,1-3H3. The first-order chi connectivity index (χ1) is 12.5. The maximum atomic E-state index is 12.5. The van der Waals surface area contributed by atoms with Gasteiger partial charge >= 0.3 is 0 Å². The lowest BCUT2D eigenvalue weighted by Crippen LogP contribution is -2.44. The highest BCUT2D eigenvalue weighted by Gasteiger charge is 2.47. The van der Waals surface area contributed by atoms with Gasteiger partial charge in [-0.3, -0.25) is 4.79 Å². The first kappa shape index (κ1) is 17.7. The van der Waals surface area contributed by atoms with Crippen molar-refractivity contribution >= 4 is 11.9 Å². The molecule has 3 aliphatic heterocycles. The quantitative estimate of drug-likeness (QED) is 0.791. The number of rotatable bonds is 2. The second-order valence-corrected chi connectivity index (χ2v) is 7.97. The summed E-state index contributed by atoms with van der Waals surface area (Å²) < 4.78 is 11.4. The van der Waals surface area contributed by atoms with Crippen LogP contribution in [0.3, 0.4) is 0 Å². The van der Waals surface area contributed by atoms with Crippen LogP contribution < -0.4 is 4.90 Å². The van der Waals surface area contributed by atoms with E-state index in [0.29, 0.717) is 33.0 Å². The number of aryl methyl sites for hydroxylation is 1. The van der Waals surface area contributed by atoms with Crippen LogP contribution in [0.2, 0.25) is 0 Å². The van der Waals surface area contributed by atoms with Crippen LogP contribution in [-0.4, -0.2) is 66.8 Å². The maximum absolute atomic E-state index is 12.5. The molecule has 0 saturated carbocycles. The van der Waals surface area contributed by atoms with Crippen molar-refractivity contribution in [3.63, 3.8) is 0 Å². The van der Waals surface area contributed by atoms with Crippen LogP contribution in [0.1, 0.15) is 37.2 Å². The summed E-state index contributed by atoms with van der Waals surface area (Å²) in [5.74, 6) is 1.03. The Morgan fingerprint density at radius 2 is 1.92 bits per heavy atom. The number of fused-ring (bicyclic) bond motifs is 2. The summed E-state index contributed by atoms with van der Waals surface area (Å²) >= 11 is 0. The molecule has 1 amide bonds. The van der Waals surface area contributed by atoms with E-state index in [-0.39, 0.29) is 17.2 Å². The molecule has 0 aliphatic carbocycles. The van der Waals surface area contributed by atoms with Gasteiger partial charge < -0.3 is 19.3 Å². The number of morpholine rings is 1. The third-order valence-corrected chi connectivity index (χ3v) is 5.78. The van der Waals surface area contributed by atoms with Gasteiger partial charge in [0, 0.05) is 43.4 Å². The van der Waals surface area contributed by atoms with Gasteiger partial charge in [0.15, 0.2) is 0 Å². The summed E-state index contributed by atoms with van der Waals surface area (Å²) in [6.45, 7) is 11.7. The predicted molar refractivity (Wildman–Crippen MR) is 97.2 cm³/mol. The van der Waals surface area contributed by atoms with Crippen molar-refractivity contribution in [2.75, 3.05) is 50.9 Å². The Balaban J connectivity index is 1.69. The van der Waals surface area contributed by atoms with Crippen molar-refractivity contribution in [3.8, 4) is 0 Å². The monoisotopic (exact) mass is 360 g/mol. The number of amides is 1. The molecule has 1 spiro atoms. The van der Waals surface area contributed by atoms with Gasteiger partial charge in [-0.25, -0.2) is 9.97 Å². The molecule has 2 saturated heterocycles. The molecule has 1 aromatic heterocycles. The summed E-state index contributed by atoms with van der Waals surface area (Å²) in [7, 11) is 0. The minimum absolute atomic E-state index is 0.0187. The molecule has 4 heterocycles. The summed E-state index contributed by atoms with van der Waals surface area (Å²) in [6.07, 6.45) is 0.900. The topological polar surface area (TPSA) is 67.8 Å². The largest absolute Gasteiger partial charge is 0.378 e. The van der Waals surface area contributed by atoms with E-state index in [1.165, 1.54) is 0 Å². The van der Waals surface area contributed by atoms with Crippen LogP contribution in [0.4, 0.5) is 5.95 Å². The van der Waals surface area contributed by atoms with Gasteiger partial charge in [0.25, 0.3) is 0 Å². The summed E-state index contributed by atoms with van der Waals surface area (Å²) in [5.41, 5.74) is 2.99. The molecule has 7 nitrogen and oxygen atoms in total. The highest BCUT2D eigenvalue weighted by molar-refractivity contribution is 5.78. The van der Waals surface area contributed by atoms with Gasteiger partial charge in [-0.2, -0.15) is 0 Å². The molecule has 0 N–H and O–H groups in total. The fourth-order valence-corrected chi connectivity index (χ4v) is 4.25. The van der Waals surface area contributed by atoms with Gasteiger partial charge in [0.2, 0.25) is 11.9 Å². The second-order valence-electron chi connectivity index (χ2n) is 7.97. The molecule has 7 heteroatoms. The van der Waals surface area contributed by atoms with E-state index in [1.807, 2.05) is 25.7 Å². The Morgan fingerprint density at radius 3 is 2.65 bits per heavy atom. The van der Waals surface area contributed by atoms with Gasteiger partial charge in [0.1, 0.15) is 0 Å². The van der Waals surface area contributed by atoms with Crippen molar-refractivity contribution in [3.05, 3.63) is 17.0 Å². The average Bonchev–Trinajstić information content (AvgIpc) is 3.07. The minimum Gasteiger partial charge on any atom is -0.378 e. The molecular formula is C19H28N4O3. The molecule has 1 aromatic rings. The number of hydrogen-bond acceptors (Lipinski definition) is 6. The Bertz CT molecular complexity index is 702. The molecule has 2 fully saturated rings. The molecule has 1 unspecified atom stereocenters. The lowest BCUT2D eigenvalue weighted by molar-refractivity contribution is -0.133. The Morgan fingerprint density at radius 1 is 1.15 bits per heavy atom. The Kier molecular flexibility index (Phi) is 4.61. The minimum atomic E-state index is -0.202. The number of anilines is 1. The molecule has 4 rings (SSSR count). The number of aromatic nitrogens is 2. The average molecular weight is 360 g/mol. The first-order valence-electron chi connectivity index (χ1n) is 9.57. The molecule has 142 valence electrons. The Hall–Kier alpha value is -1.73. The third kappa shape index (κ3) is 2.97. The van der Waals surface area contributed by atoms with Crippen molar-refractivity contribution in [2.24, 2.45) is 5.92 Å². The van der Waals surface area contributed by atoms with Crippen LogP contribution in [0.25, 0.3) is 0 Å². The number of ether oxygens (including phenoxy) is 2. The second kappa shape index (κ2) is 6.78. The van der Waals surface area contributed by atoms with Crippen LogP contribution >= 0.6 is 0 Å². The summed E-state index contributed by atoms with van der Waals surface area (Å²) in [6, 6.07) is 0. The molecular weight excluding hydrogens is 332 g/mol. The van der Waals surface area contributed by atoms with E-state index < -0.39 is 0 Å². The van der Waals surface area contributed by atoms with E-state index in [4.69, 9.17) is 19.4 Å². The van der Waals surface area contributed by atoms with E-state index in [9.17, 15) is 4.79 Å². The van der Waals surface area contributed by atoms with Crippen molar-refractivity contribution in [1.82, 2.24) is 14.9 Å². The van der Waals surface area contributed by atoms with Gasteiger partial charge in [-0.05, 0) is 13.3 Å². The SMILES string of the molecule is Cc1nc(N2CCOCC2)nc2c1COCC21CCN(C(=O)C(C)C)C1. The zero-order valence-corrected chi connectivity index (χ0v) is 16.0. The number of nitrogens with zero attached hydrogens (tertiary/aromatic N) is 4. The normalized spacial score (nSPS) is 25.8. The number of hydrogen-bond donors (Lipinski definition) is 0. The lowest BCUT2D eigenvalue weighted by Gasteiger charge is -2.36. The zero-order chi connectivity index (χ0) is 18.3. The molecule has 3 aliphatic rings. The van der Waals surface area contributed by atoms with E-state index >= 15 is 0 Å². The summed E-state index contributed by atoms with van der Waals surface area (Å²) in [4.78, 5) is 26.4. The zero-order valence-electron chi connectivity index (χ0n) is 16.0. The lowest BCUT2D eigenvalue weighted by atomic mass is 9.80. The van der Waals surface area contributed by atoms with Crippen LogP contribution in [0.15, 0.2) is 0 Å². The van der Waals surface area contributed by atoms with E-state index in [0.717, 1.165) is 49.0 Å². The number of carbonyl (C=O) groups is 1. The molecule has 0 aromatic carbocycles. The molecule has 0 bridgehead atoms. The maximum Gasteiger partial charge on any atom is 0.225 e. The number of likely N-dealkylation sites (tertiary alicyclic amines) is 1. The Labute approximate surface area is 154 Å². The van der Waals surface area contributed by atoms with Gasteiger partial charge in [-0.15, -0.1) is 0 Å². The molecule has 1 atom stereocenters. The van der Waals surface area contributed by atoms with Crippen molar-refractivity contribution in [1.29, 1.82) is 0 Å². The fourth-order valence-electron chi connectivity index (χ4n) is 4.25. The van der Waals surface area contributed by atoms with Crippen LogP contribution in [0, 0.1) is 12.8 Å². The smallest absolute Gasteiger partial charge is 0.225 e. The predicted octanol–water partition coefficient (Wildman–Crippen LogP) is 1.28. The summed E-state index contributed by atoms with van der Waals surface area (Å²) in [5, 5.41) is 0. The third-order valence-electron chi connectivity index (χ3n) is 5.78. The van der Waals surface area contributed by atoms with Crippen molar-refractivity contribution in [2.45, 2.75) is 39.2 Å². The van der Waals surface area contributed by atoms with Crippen molar-refractivity contribution < 1.29 is 14.3 Å². The van der Waals surface area contributed by atoms with Gasteiger partial charge in [0.05, 0.1) is 37.5 Å². The van der Waals surface area contributed by atoms with E-state index in [1.54, 1.807) is 0 Å². The number of carbonyl (C=O) groups excluding carboxylic acids is 1. The first-order valence-corrected chi connectivity index (χ1v) is 9.57. The van der Waals surface area contributed by atoms with Gasteiger partial charge in [-0.1, -0.05) is 13.8 Å².